The highest BCUT2D eigenvalue weighted by Crippen LogP contribution is 2.30. The Hall–Kier alpha value is -1.09. The molecular weight excluding hydrogens is 210 g/mol. The molecule has 1 aliphatic rings. The minimum atomic E-state index is 0.413. The van der Waals surface area contributed by atoms with Gasteiger partial charge >= 0.3 is 0 Å². The second kappa shape index (κ2) is 5.05. The summed E-state index contributed by atoms with van der Waals surface area (Å²) in [5.41, 5.74) is 7.18. The van der Waals surface area contributed by atoms with Crippen LogP contribution in [0.2, 0.25) is 0 Å². The van der Waals surface area contributed by atoms with Crippen LogP contribution in [0.1, 0.15) is 32.3 Å². The molecule has 17 heavy (non-hydrogen) atoms. The van der Waals surface area contributed by atoms with Crippen LogP contribution in [0.4, 0.5) is 5.82 Å². The van der Waals surface area contributed by atoms with Gasteiger partial charge in [0.25, 0.3) is 0 Å². The molecule has 94 valence electrons. The van der Waals surface area contributed by atoms with Crippen molar-refractivity contribution >= 4 is 5.82 Å². The van der Waals surface area contributed by atoms with Gasteiger partial charge in [-0.25, -0.2) is 4.98 Å². The largest absolute Gasteiger partial charge is 0.356 e. The Morgan fingerprint density at radius 3 is 2.82 bits per heavy atom. The fourth-order valence-electron chi connectivity index (χ4n) is 2.54. The van der Waals surface area contributed by atoms with Crippen LogP contribution in [0.5, 0.6) is 0 Å². The van der Waals surface area contributed by atoms with Crippen LogP contribution >= 0.6 is 0 Å². The van der Waals surface area contributed by atoms with Gasteiger partial charge in [-0.1, -0.05) is 19.9 Å². The van der Waals surface area contributed by atoms with E-state index >= 15 is 0 Å². The van der Waals surface area contributed by atoms with Crippen molar-refractivity contribution in [2.24, 2.45) is 11.1 Å². The topological polar surface area (TPSA) is 42.1 Å². The van der Waals surface area contributed by atoms with E-state index in [4.69, 9.17) is 5.73 Å². The summed E-state index contributed by atoms with van der Waals surface area (Å²) in [6.45, 7) is 7.60. The Morgan fingerprint density at radius 1 is 1.41 bits per heavy atom. The maximum absolute atomic E-state index is 5.54. The van der Waals surface area contributed by atoms with Crippen LogP contribution in [0.3, 0.4) is 0 Å². The average Bonchev–Trinajstić information content (AvgIpc) is 2.29. The quantitative estimate of drug-likeness (QED) is 0.870. The summed E-state index contributed by atoms with van der Waals surface area (Å²) in [6.07, 6.45) is 5.45. The molecule has 0 radical (unpaired) electrons. The lowest BCUT2D eigenvalue weighted by atomic mass is 9.84. The van der Waals surface area contributed by atoms with E-state index in [1.807, 2.05) is 6.20 Å². The second-order valence-corrected chi connectivity index (χ2v) is 5.75. The molecule has 0 aliphatic carbocycles. The number of aromatic nitrogens is 1. The standard InChI is InChI=1S/C14H23N3/c1-14(2)7-3-9-17(11-14)13-5-4-12(6-8-15)10-16-13/h4-5,10H,3,6-9,11,15H2,1-2H3. The maximum Gasteiger partial charge on any atom is 0.128 e. The fourth-order valence-corrected chi connectivity index (χ4v) is 2.54. The van der Waals surface area contributed by atoms with E-state index in [0.717, 1.165) is 25.3 Å². The third-order valence-electron chi connectivity index (χ3n) is 3.47. The van der Waals surface area contributed by atoms with Crippen molar-refractivity contribution in [3.05, 3.63) is 23.9 Å². The summed E-state index contributed by atoms with van der Waals surface area (Å²) in [5, 5.41) is 0. The molecule has 0 unspecified atom stereocenters. The van der Waals surface area contributed by atoms with E-state index < -0.39 is 0 Å². The van der Waals surface area contributed by atoms with Gasteiger partial charge in [-0.15, -0.1) is 0 Å². The zero-order valence-corrected chi connectivity index (χ0v) is 10.9. The lowest BCUT2D eigenvalue weighted by molar-refractivity contribution is 0.292. The fraction of sp³-hybridized carbons (Fsp3) is 0.643. The van der Waals surface area contributed by atoms with Crippen LogP contribution in [0.25, 0.3) is 0 Å². The highest BCUT2D eigenvalue weighted by Gasteiger charge is 2.26. The molecule has 0 saturated carbocycles. The molecule has 0 atom stereocenters. The molecule has 3 nitrogen and oxygen atoms in total. The molecular formula is C14H23N3. The zero-order chi connectivity index (χ0) is 12.3. The maximum atomic E-state index is 5.54. The van der Waals surface area contributed by atoms with Gasteiger partial charge in [-0.05, 0) is 42.9 Å². The van der Waals surface area contributed by atoms with Crippen LogP contribution < -0.4 is 10.6 Å². The van der Waals surface area contributed by atoms with Crippen LogP contribution in [-0.4, -0.2) is 24.6 Å². The number of anilines is 1. The molecule has 1 aromatic rings. The van der Waals surface area contributed by atoms with Crippen molar-refractivity contribution in [1.29, 1.82) is 0 Å². The molecule has 1 fully saturated rings. The monoisotopic (exact) mass is 233 g/mol. The molecule has 1 aliphatic heterocycles. The highest BCUT2D eigenvalue weighted by molar-refractivity contribution is 5.40. The predicted molar refractivity (Wildman–Crippen MR) is 72.2 cm³/mol. The first kappa shape index (κ1) is 12.4. The Bertz CT molecular complexity index is 356. The van der Waals surface area contributed by atoms with Gasteiger partial charge in [-0.3, -0.25) is 0 Å². The van der Waals surface area contributed by atoms with E-state index in [0.29, 0.717) is 12.0 Å². The normalized spacial score (nSPS) is 19.4. The number of piperidine rings is 1. The Balaban J connectivity index is 2.06. The number of rotatable bonds is 3. The molecule has 0 aromatic carbocycles. The number of nitrogens with two attached hydrogens (primary N) is 1. The van der Waals surface area contributed by atoms with E-state index in [-0.39, 0.29) is 0 Å². The van der Waals surface area contributed by atoms with Crippen LogP contribution in [-0.2, 0) is 6.42 Å². The van der Waals surface area contributed by atoms with Gasteiger partial charge in [0.15, 0.2) is 0 Å². The number of hydrogen-bond acceptors (Lipinski definition) is 3. The SMILES string of the molecule is CC1(C)CCCN(c2ccc(CCN)cn2)C1. The van der Waals surface area contributed by atoms with E-state index in [2.05, 4.69) is 35.9 Å². The summed E-state index contributed by atoms with van der Waals surface area (Å²) < 4.78 is 0. The van der Waals surface area contributed by atoms with Crippen molar-refractivity contribution < 1.29 is 0 Å². The Labute approximate surface area is 104 Å². The van der Waals surface area contributed by atoms with Crippen molar-refractivity contribution in [3.63, 3.8) is 0 Å². The molecule has 3 heteroatoms. The minimum absolute atomic E-state index is 0.413. The molecule has 0 spiro atoms. The number of nitrogens with zero attached hydrogens (tertiary/aromatic N) is 2. The summed E-state index contributed by atoms with van der Waals surface area (Å²) in [4.78, 5) is 6.96. The van der Waals surface area contributed by atoms with Crippen LogP contribution in [0.15, 0.2) is 18.3 Å². The van der Waals surface area contributed by atoms with E-state index in [1.165, 1.54) is 18.4 Å². The summed E-state index contributed by atoms with van der Waals surface area (Å²) in [6, 6.07) is 4.28. The second-order valence-electron chi connectivity index (χ2n) is 5.75. The first-order chi connectivity index (χ1) is 8.11. The molecule has 1 aromatic heterocycles. The van der Waals surface area contributed by atoms with Crippen molar-refractivity contribution in [3.8, 4) is 0 Å². The molecule has 0 bridgehead atoms. The average molecular weight is 233 g/mol. The van der Waals surface area contributed by atoms with Crippen LogP contribution in [0, 0.1) is 5.41 Å². The minimum Gasteiger partial charge on any atom is -0.356 e. The first-order valence-electron chi connectivity index (χ1n) is 6.51. The molecule has 0 amide bonds. The summed E-state index contributed by atoms with van der Waals surface area (Å²) in [7, 11) is 0. The van der Waals surface area contributed by atoms with Crippen molar-refractivity contribution in [2.45, 2.75) is 33.1 Å². The third-order valence-corrected chi connectivity index (χ3v) is 3.47. The lowest BCUT2D eigenvalue weighted by Gasteiger charge is -2.38. The lowest BCUT2D eigenvalue weighted by Crippen LogP contribution is -2.40. The van der Waals surface area contributed by atoms with Crippen molar-refractivity contribution in [1.82, 2.24) is 4.98 Å². The summed E-state index contributed by atoms with van der Waals surface area (Å²) >= 11 is 0. The van der Waals surface area contributed by atoms with Gasteiger partial charge in [-0.2, -0.15) is 0 Å². The number of hydrogen-bond donors (Lipinski definition) is 1. The summed E-state index contributed by atoms with van der Waals surface area (Å²) in [5.74, 6) is 1.11. The van der Waals surface area contributed by atoms with Gasteiger partial charge in [0.1, 0.15) is 5.82 Å². The van der Waals surface area contributed by atoms with E-state index in [1.54, 1.807) is 0 Å². The van der Waals surface area contributed by atoms with Crippen molar-refractivity contribution in [2.75, 3.05) is 24.5 Å². The molecule has 2 rings (SSSR count). The van der Waals surface area contributed by atoms with Gasteiger partial charge in [0.05, 0.1) is 0 Å². The molecule has 2 heterocycles. The van der Waals surface area contributed by atoms with Gasteiger partial charge < -0.3 is 10.6 Å². The highest BCUT2D eigenvalue weighted by atomic mass is 15.2. The number of pyridine rings is 1. The van der Waals surface area contributed by atoms with Gasteiger partial charge in [0, 0.05) is 19.3 Å². The molecule has 2 N–H and O–H groups in total. The van der Waals surface area contributed by atoms with Gasteiger partial charge in [0.2, 0.25) is 0 Å². The van der Waals surface area contributed by atoms with E-state index in [9.17, 15) is 0 Å². The molecule has 1 saturated heterocycles. The zero-order valence-electron chi connectivity index (χ0n) is 10.9. The third kappa shape index (κ3) is 3.19. The Morgan fingerprint density at radius 2 is 2.24 bits per heavy atom. The predicted octanol–water partition coefficient (Wildman–Crippen LogP) is 2.21. The smallest absolute Gasteiger partial charge is 0.128 e. The first-order valence-corrected chi connectivity index (χ1v) is 6.51. The Kier molecular flexibility index (Phi) is 3.67.